The number of amides is 1. The average Bonchev–Trinajstić information content (AvgIpc) is 2.59. The zero-order valence-electron chi connectivity index (χ0n) is 10.9. The third-order valence-electron chi connectivity index (χ3n) is 3.14. The molecular formula is C14H13BrFNO3. The van der Waals surface area contributed by atoms with Gasteiger partial charge in [-0.25, -0.2) is 4.39 Å². The topological polar surface area (TPSA) is 54.5 Å². The maximum atomic E-state index is 13.3. The third-order valence-corrected chi connectivity index (χ3v) is 3.75. The fraction of sp³-hybridized carbons (Fsp3) is 0.357. The first kappa shape index (κ1) is 14.8. The van der Waals surface area contributed by atoms with Crippen LogP contribution in [0.5, 0.6) is 0 Å². The van der Waals surface area contributed by atoms with E-state index in [4.69, 9.17) is 0 Å². The summed E-state index contributed by atoms with van der Waals surface area (Å²) in [6.07, 6.45) is 1.72. The molecule has 0 N–H and O–H groups in total. The van der Waals surface area contributed by atoms with Crippen molar-refractivity contribution in [2.75, 3.05) is 11.4 Å². The van der Waals surface area contributed by atoms with Crippen LogP contribution in [-0.2, 0) is 9.59 Å². The van der Waals surface area contributed by atoms with Gasteiger partial charge in [0.25, 0.3) is 11.7 Å². The average molecular weight is 342 g/mol. The summed E-state index contributed by atoms with van der Waals surface area (Å²) in [7, 11) is 0. The number of benzene rings is 1. The first-order valence-electron chi connectivity index (χ1n) is 6.26. The number of unbranched alkanes of at least 4 members (excludes halogenated alkanes) is 1. The van der Waals surface area contributed by atoms with Gasteiger partial charge in [-0.1, -0.05) is 0 Å². The molecule has 0 atom stereocenters. The molecule has 1 aromatic rings. The van der Waals surface area contributed by atoms with Crippen LogP contribution < -0.4 is 4.90 Å². The van der Waals surface area contributed by atoms with Crippen LogP contribution in [0.15, 0.2) is 16.6 Å². The normalized spacial score (nSPS) is 13.8. The lowest BCUT2D eigenvalue weighted by Gasteiger charge is -2.17. The largest absolute Gasteiger partial charge is 0.304 e. The molecule has 4 nitrogen and oxygen atoms in total. The van der Waals surface area contributed by atoms with Crippen molar-refractivity contribution >= 4 is 39.1 Å². The Balaban J connectivity index is 2.18. The van der Waals surface area contributed by atoms with Crippen molar-refractivity contribution < 1.29 is 18.8 Å². The van der Waals surface area contributed by atoms with E-state index >= 15 is 0 Å². The van der Waals surface area contributed by atoms with E-state index in [0.29, 0.717) is 36.0 Å². The van der Waals surface area contributed by atoms with Crippen molar-refractivity contribution in [3.05, 3.63) is 28.0 Å². The molecule has 1 aliphatic rings. The molecule has 0 saturated heterocycles. The molecule has 1 aromatic carbocycles. The standard InChI is InChI=1S/C14H13BrFNO3/c1-8(18)4-2-3-5-17-12-10(13(19)14(17)20)6-9(16)7-11(12)15/h6-7H,2-5H2,1H3. The van der Waals surface area contributed by atoms with Crippen molar-refractivity contribution in [1.82, 2.24) is 0 Å². The van der Waals surface area contributed by atoms with Gasteiger partial charge in [0, 0.05) is 17.4 Å². The second-order valence-corrected chi connectivity index (χ2v) is 5.58. The number of ketones is 2. The Bertz CT molecular complexity index is 600. The van der Waals surface area contributed by atoms with E-state index in [0.717, 1.165) is 6.07 Å². The molecule has 0 saturated carbocycles. The lowest BCUT2D eigenvalue weighted by Crippen LogP contribution is -2.30. The Morgan fingerprint density at radius 1 is 1.30 bits per heavy atom. The molecule has 0 radical (unpaired) electrons. The highest BCUT2D eigenvalue weighted by molar-refractivity contribution is 9.10. The van der Waals surface area contributed by atoms with Crippen LogP contribution >= 0.6 is 15.9 Å². The lowest BCUT2D eigenvalue weighted by atomic mass is 10.1. The van der Waals surface area contributed by atoms with E-state index in [1.54, 1.807) is 0 Å². The van der Waals surface area contributed by atoms with Crippen molar-refractivity contribution in [1.29, 1.82) is 0 Å². The molecule has 0 aromatic heterocycles. The van der Waals surface area contributed by atoms with E-state index in [-0.39, 0.29) is 11.3 Å². The summed E-state index contributed by atoms with van der Waals surface area (Å²) in [5.41, 5.74) is 0.512. The number of fused-ring (bicyclic) bond motifs is 1. The summed E-state index contributed by atoms with van der Waals surface area (Å²) < 4.78 is 13.7. The van der Waals surface area contributed by atoms with E-state index in [1.165, 1.54) is 17.9 Å². The fourth-order valence-electron chi connectivity index (χ4n) is 2.21. The van der Waals surface area contributed by atoms with Gasteiger partial charge in [-0.05, 0) is 47.8 Å². The Morgan fingerprint density at radius 2 is 2.00 bits per heavy atom. The van der Waals surface area contributed by atoms with Crippen LogP contribution in [0.4, 0.5) is 10.1 Å². The Labute approximate surface area is 124 Å². The molecule has 106 valence electrons. The van der Waals surface area contributed by atoms with Crippen LogP contribution in [0, 0.1) is 5.82 Å². The Hall–Kier alpha value is -1.56. The van der Waals surface area contributed by atoms with Gasteiger partial charge >= 0.3 is 0 Å². The molecule has 1 heterocycles. The highest BCUT2D eigenvalue weighted by Gasteiger charge is 2.37. The van der Waals surface area contributed by atoms with Gasteiger partial charge in [0.2, 0.25) is 0 Å². The van der Waals surface area contributed by atoms with E-state index in [2.05, 4.69) is 15.9 Å². The minimum absolute atomic E-state index is 0.0912. The third kappa shape index (κ3) is 2.80. The van der Waals surface area contributed by atoms with Gasteiger partial charge < -0.3 is 9.69 Å². The molecule has 0 spiro atoms. The number of anilines is 1. The number of carbonyl (C=O) groups is 3. The van der Waals surface area contributed by atoms with Crippen molar-refractivity contribution in [3.8, 4) is 0 Å². The first-order chi connectivity index (χ1) is 9.41. The van der Waals surface area contributed by atoms with Crippen molar-refractivity contribution in [2.45, 2.75) is 26.2 Å². The summed E-state index contributed by atoms with van der Waals surface area (Å²) in [5.74, 6) is -1.80. The van der Waals surface area contributed by atoms with Crippen molar-refractivity contribution in [2.24, 2.45) is 0 Å². The SMILES string of the molecule is CC(=O)CCCCN1C(=O)C(=O)c2cc(F)cc(Br)c21. The number of Topliss-reactive ketones (excluding diaryl/α,β-unsaturated/α-hetero) is 2. The predicted molar refractivity (Wildman–Crippen MR) is 75.3 cm³/mol. The molecule has 2 rings (SSSR count). The quantitative estimate of drug-likeness (QED) is 0.611. The second-order valence-electron chi connectivity index (χ2n) is 4.73. The Kier molecular flexibility index (Phi) is 4.32. The van der Waals surface area contributed by atoms with Crippen LogP contribution in [-0.4, -0.2) is 24.0 Å². The highest BCUT2D eigenvalue weighted by atomic mass is 79.9. The predicted octanol–water partition coefficient (Wildman–Crippen LogP) is 2.88. The number of rotatable bonds is 5. The molecule has 0 unspecified atom stereocenters. The fourth-order valence-corrected chi connectivity index (χ4v) is 2.86. The molecule has 1 aliphatic heterocycles. The lowest BCUT2D eigenvalue weighted by molar-refractivity contribution is -0.117. The van der Waals surface area contributed by atoms with E-state index < -0.39 is 17.5 Å². The zero-order valence-corrected chi connectivity index (χ0v) is 12.5. The van der Waals surface area contributed by atoms with E-state index in [9.17, 15) is 18.8 Å². The van der Waals surface area contributed by atoms with Crippen LogP contribution in [0.25, 0.3) is 0 Å². The van der Waals surface area contributed by atoms with Crippen LogP contribution in [0.1, 0.15) is 36.5 Å². The van der Waals surface area contributed by atoms with Gasteiger partial charge in [0.1, 0.15) is 11.6 Å². The summed E-state index contributed by atoms with van der Waals surface area (Å²) in [6.45, 7) is 1.86. The summed E-state index contributed by atoms with van der Waals surface area (Å²) >= 11 is 3.19. The number of nitrogens with zero attached hydrogens (tertiary/aromatic N) is 1. The van der Waals surface area contributed by atoms with Crippen LogP contribution in [0.2, 0.25) is 0 Å². The zero-order chi connectivity index (χ0) is 14.9. The second kappa shape index (κ2) is 5.83. The molecule has 0 fully saturated rings. The van der Waals surface area contributed by atoms with Gasteiger partial charge in [-0.2, -0.15) is 0 Å². The van der Waals surface area contributed by atoms with Gasteiger partial charge in [-0.3, -0.25) is 9.59 Å². The van der Waals surface area contributed by atoms with Gasteiger partial charge in [-0.15, -0.1) is 0 Å². The number of hydrogen-bond donors (Lipinski definition) is 0. The van der Waals surface area contributed by atoms with Gasteiger partial charge in [0.05, 0.1) is 11.3 Å². The number of carbonyl (C=O) groups excluding carboxylic acids is 3. The molecule has 0 aliphatic carbocycles. The Morgan fingerprint density at radius 3 is 2.65 bits per heavy atom. The molecular weight excluding hydrogens is 329 g/mol. The highest BCUT2D eigenvalue weighted by Crippen LogP contribution is 2.37. The molecule has 20 heavy (non-hydrogen) atoms. The summed E-state index contributed by atoms with van der Waals surface area (Å²) in [4.78, 5) is 36.0. The van der Waals surface area contributed by atoms with Crippen LogP contribution in [0.3, 0.4) is 0 Å². The maximum Gasteiger partial charge on any atom is 0.299 e. The van der Waals surface area contributed by atoms with Gasteiger partial charge in [0.15, 0.2) is 0 Å². The summed E-state index contributed by atoms with van der Waals surface area (Å²) in [5, 5.41) is 0. The maximum absolute atomic E-state index is 13.3. The molecule has 6 heteroatoms. The number of halogens is 2. The monoisotopic (exact) mass is 341 g/mol. The van der Waals surface area contributed by atoms with E-state index in [1.807, 2.05) is 0 Å². The first-order valence-corrected chi connectivity index (χ1v) is 7.06. The molecule has 0 bridgehead atoms. The minimum atomic E-state index is -0.688. The molecule has 1 amide bonds. The number of hydrogen-bond acceptors (Lipinski definition) is 3. The smallest absolute Gasteiger partial charge is 0.299 e. The van der Waals surface area contributed by atoms with Crippen molar-refractivity contribution in [3.63, 3.8) is 0 Å². The minimum Gasteiger partial charge on any atom is -0.304 e. The summed E-state index contributed by atoms with van der Waals surface area (Å²) in [6, 6.07) is 2.31.